The quantitative estimate of drug-likeness (QED) is 0.543. The molecular weight excluding hydrogens is 449 g/mol. The van der Waals surface area contributed by atoms with Gasteiger partial charge in [0, 0.05) is 48.9 Å². The van der Waals surface area contributed by atoms with Crippen molar-refractivity contribution in [3.63, 3.8) is 0 Å². The smallest absolute Gasteiger partial charge is 0.409 e. The number of benzene rings is 1. The van der Waals surface area contributed by atoms with E-state index in [-0.39, 0.29) is 12.0 Å². The number of piperazine rings is 1. The van der Waals surface area contributed by atoms with E-state index in [9.17, 15) is 14.0 Å². The van der Waals surface area contributed by atoms with E-state index in [4.69, 9.17) is 16.3 Å². The third-order valence-corrected chi connectivity index (χ3v) is 5.84. The SMILES string of the molecule is CCCOC(=O)N1CCN(C(=O)c2ccc3c(Cl)cc(-c4cnn([C@H](C)F)c4)nc3c2)CC1. The lowest BCUT2D eigenvalue weighted by Gasteiger charge is -2.34. The number of hydrogen-bond acceptors (Lipinski definition) is 5. The highest BCUT2D eigenvalue weighted by molar-refractivity contribution is 6.35. The number of nitrogens with zero attached hydrogens (tertiary/aromatic N) is 5. The average Bonchev–Trinajstić information content (AvgIpc) is 3.32. The molecular formula is C23H25ClFN5O3. The topological polar surface area (TPSA) is 80.6 Å². The molecule has 2 amide bonds. The lowest BCUT2D eigenvalue weighted by atomic mass is 10.1. The molecule has 3 aromatic rings. The number of pyridine rings is 1. The molecule has 1 fully saturated rings. The molecule has 10 heteroatoms. The maximum Gasteiger partial charge on any atom is 0.409 e. The Hall–Kier alpha value is -3.20. The number of amides is 2. The van der Waals surface area contributed by atoms with Crippen LogP contribution in [0.15, 0.2) is 36.7 Å². The minimum atomic E-state index is -1.26. The van der Waals surface area contributed by atoms with Crippen molar-refractivity contribution in [1.82, 2.24) is 24.6 Å². The minimum Gasteiger partial charge on any atom is -0.449 e. The second kappa shape index (κ2) is 9.74. The molecule has 8 nitrogen and oxygen atoms in total. The summed E-state index contributed by atoms with van der Waals surface area (Å²) in [6, 6.07) is 6.90. The van der Waals surface area contributed by atoms with Crippen LogP contribution in [-0.4, -0.2) is 69.4 Å². The molecule has 0 unspecified atom stereocenters. The highest BCUT2D eigenvalue weighted by Gasteiger charge is 2.26. The van der Waals surface area contributed by atoms with Crippen molar-refractivity contribution in [3.05, 3.63) is 47.2 Å². The number of ether oxygens (including phenoxy) is 1. The normalized spacial score (nSPS) is 15.0. The Morgan fingerprint density at radius 2 is 1.91 bits per heavy atom. The Morgan fingerprint density at radius 1 is 1.18 bits per heavy atom. The van der Waals surface area contributed by atoms with Crippen LogP contribution in [0.5, 0.6) is 0 Å². The van der Waals surface area contributed by atoms with E-state index in [2.05, 4.69) is 10.1 Å². The number of carbonyl (C=O) groups is 2. The Labute approximate surface area is 195 Å². The Morgan fingerprint density at radius 3 is 2.58 bits per heavy atom. The largest absolute Gasteiger partial charge is 0.449 e. The van der Waals surface area contributed by atoms with Crippen LogP contribution in [0.1, 0.15) is 36.9 Å². The van der Waals surface area contributed by atoms with Gasteiger partial charge in [0.2, 0.25) is 0 Å². The fourth-order valence-corrected chi connectivity index (χ4v) is 3.95. The summed E-state index contributed by atoms with van der Waals surface area (Å²) in [6.45, 7) is 5.42. The first-order valence-corrected chi connectivity index (χ1v) is 11.2. The van der Waals surface area contributed by atoms with Gasteiger partial charge in [-0.2, -0.15) is 5.10 Å². The minimum absolute atomic E-state index is 0.138. The van der Waals surface area contributed by atoms with Gasteiger partial charge in [-0.3, -0.25) is 4.79 Å². The van der Waals surface area contributed by atoms with E-state index in [0.29, 0.717) is 65.5 Å². The van der Waals surface area contributed by atoms with Crippen LogP contribution >= 0.6 is 11.6 Å². The molecule has 3 heterocycles. The number of aromatic nitrogens is 3. The number of hydrogen-bond donors (Lipinski definition) is 0. The molecule has 0 aliphatic carbocycles. The molecule has 1 saturated heterocycles. The zero-order valence-corrected chi connectivity index (χ0v) is 19.3. The highest BCUT2D eigenvalue weighted by Crippen LogP contribution is 2.29. The molecule has 0 saturated carbocycles. The van der Waals surface area contributed by atoms with E-state index >= 15 is 0 Å². The summed E-state index contributed by atoms with van der Waals surface area (Å²) in [5.41, 5.74) is 2.22. The standard InChI is InChI=1S/C23H25ClFN5O3/c1-3-10-33-23(32)29-8-6-28(7-9-29)22(31)16-4-5-18-19(24)12-20(27-21(18)11-16)17-13-26-30(14-17)15(2)25/h4-5,11-15H,3,6-10H2,1-2H3/t15-/m1/s1. The van der Waals surface area contributed by atoms with Gasteiger partial charge < -0.3 is 14.5 Å². The molecule has 4 rings (SSSR count). The van der Waals surface area contributed by atoms with Crippen LogP contribution < -0.4 is 0 Å². The summed E-state index contributed by atoms with van der Waals surface area (Å²) in [7, 11) is 0. The van der Waals surface area contributed by atoms with E-state index in [1.807, 2.05) is 6.92 Å². The molecule has 1 aliphatic heterocycles. The van der Waals surface area contributed by atoms with Crippen molar-refractivity contribution in [1.29, 1.82) is 0 Å². The lowest BCUT2D eigenvalue weighted by molar-refractivity contribution is 0.0560. The maximum absolute atomic E-state index is 13.5. The number of carbonyl (C=O) groups excluding carboxylic acids is 2. The van der Waals surface area contributed by atoms with Crippen molar-refractivity contribution in [2.45, 2.75) is 26.6 Å². The fraction of sp³-hybridized carbons (Fsp3) is 0.391. The van der Waals surface area contributed by atoms with E-state index in [1.165, 1.54) is 17.8 Å². The van der Waals surface area contributed by atoms with Crippen molar-refractivity contribution < 1.29 is 18.7 Å². The van der Waals surface area contributed by atoms with E-state index in [0.717, 1.165) is 6.42 Å². The second-order valence-electron chi connectivity index (χ2n) is 7.90. The highest BCUT2D eigenvalue weighted by atomic mass is 35.5. The number of alkyl halides is 1. The van der Waals surface area contributed by atoms with Gasteiger partial charge in [0.05, 0.1) is 29.0 Å². The predicted molar refractivity (Wildman–Crippen MR) is 123 cm³/mol. The van der Waals surface area contributed by atoms with Gasteiger partial charge in [0.15, 0.2) is 6.30 Å². The maximum atomic E-state index is 13.5. The molecule has 0 N–H and O–H groups in total. The summed E-state index contributed by atoms with van der Waals surface area (Å²) in [5, 5.41) is 5.20. The van der Waals surface area contributed by atoms with Crippen LogP contribution in [0.4, 0.5) is 9.18 Å². The van der Waals surface area contributed by atoms with Crippen molar-refractivity contribution in [2.24, 2.45) is 0 Å². The molecule has 1 aliphatic rings. The van der Waals surface area contributed by atoms with Crippen LogP contribution in [-0.2, 0) is 4.74 Å². The summed E-state index contributed by atoms with van der Waals surface area (Å²) in [5.74, 6) is -0.138. The first-order valence-electron chi connectivity index (χ1n) is 10.9. The second-order valence-corrected chi connectivity index (χ2v) is 8.31. The van der Waals surface area contributed by atoms with Crippen LogP contribution in [0.25, 0.3) is 22.2 Å². The summed E-state index contributed by atoms with van der Waals surface area (Å²) in [6.07, 6.45) is 2.26. The monoisotopic (exact) mass is 473 g/mol. The number of halogens is 2. The Kier molecular flexibility index (Phi) is 6.78. The molecule has 33 heavy (non-hydrogen) atoms. The lowest BCUT2D eigenvalue weighted by Crippen LogP contribution is -2.50. The average molecular weight is 474 g/mol. The van der Waals surface area contributed by atoms with Crippen molar-refractivity contribution in [3.8, 4) is 11.3 Å². The third-order valence-electron chi connectivity index (χ3n) is 5.52. The van der Waals surface area contributed by atoms with Gasteiger partial charge >= 0.3 is 6.09 Å². The van der Waals surface area contributed by atoms with Gasteiger partial charge in [0.1, 0.15) is 0 Å². The zero-order chi connectivity index (χ0) is 23.5. The van der Waals surface area contributed by atoms with Crippen molar-refractivity contribution in [2.75, 3.05) is 32.8 Å². The summed E-state index contributed by atoms with van der Waals surface area (Å²) < 4.78 is 19.9. The molecule has 174 valence electrons. The summed E-state index contributed by atoms with van der Waals surface area (Å²) in [4.78, 5) is 33.1. The fourth-order valence-electron chi connectivity index (χ4n) is 3.69. The Balaban J connectivity index is 1.52. The Bertz CT molecular complexity index is 1170. The van der Waals surface area contributed by atoms with Crippen molar-refractivity contribution >= 4 is 34.5 Å². The van der Waals surface area contributed by atoms with Gasteiger partial charge in [-0.1, -0.05) is 24.6 Å². The van der Waals surface area contributed by atoms with Gasteiger partial charge in [-0.25, -0.2) is 18.9 Å². The molecule has 2 aromatic heterocycles. The number of fused-ring (bicyclic) bond motifs is 1. The van der Waals surface area contributed by atoms with Crippen LogP contribution in [0.3, 0.4) is 0 Å². The first kappa shape index (κ1) is 23.0. The van der Waals surface area contributed by atoms with Gasteiger partial charge in [-0.05, 0) is 31.5 Å². The predicted octanol–water partition coefficient (Wildman–Crippen LogP) is 4.54. The summed E-state index contributed by atoms with van der Waals surface area (Å²) >= 11 is 6.46. The van der Waals surface area contributed by atoms with Gasteiger partial charge in [-0.15, -0.1) is 0 Å². The first-order chi connectivity index (χ1) is 15.9. The van der Waals surface area contributed by atoms with E-state index < -0.39 is 6.30 Å². The number of rotatable bonds is 5. The van der Waals surface area contributed by atoms with Gasteiger partial charge in [0.25, 0.3) is 5.91 Å². The third kappa shape index (κ3) is 4.93. The molecule has 0 bridgehead atoms. The molecule has 0 spiro atoms. The molecule has 0 radical (unpaired) electrons. The van der Waals surface area contributed by atoms with Crippen LogP contribution in [0.2, 0.25) is 5.02 Å². The van der Waals surface area contributed by atoms with E-state index in [1.54, 1.807) is 40.3 Å². The van der Waals surface area contributed by atoms with Crippen LogP contribution in [0, 0.1) is 0 Å². The molecule has 1 aromatic carbocycles. The zero-order valence-electron chi connectivity index (χ0n) is 18.5. The molecule has 1 atom stereocenters.